The van der Waals surface area contributed by atoms with Crippen LogP contribution in [0.4, 0.5) is 5.69 Å². The molecule has 114 valence electrons. The van der Waals surface area contributed by atoms with Crippen molar-refractivity contribution in [2.24, 2.45) is 0 Å². The Hall–Kier alpha value is -2.29. The third-order valence-electron chi connectivity index (χ3n) is 2.52. The number of aromatic amines is 1. The molecular weight excluding hydrogens is 258 g/mol. The quantitative estimate of drug-likeness (QED) is 0.579. The standard InChI is InChI=1S/C13H15N3.C3H6.C2H6/c1-3-5-6-14-12-8-11-9-15-16-13(11)7-10(12)4-2;1-3-2;1-2/h3,5-9,14H,1,4H2,2H3,(H,15,16);3H,1H2,2H3;1-2H3/b6-5+;;. The van der Waals surface area contributed by atoms with Crippen LogP contribution in [0.3, 0.4) is 0 Å². The molecule has 2 N–H and O–H groups in total. The average molecular weight is 285 g/mol. The van der Waals surface area contributed by atoms with E-state index in [0.717, 1.165) is 23.0 Å². The molecule has 0 spiro atoms. The maximum atomic E-state index is 4.03. The lowest BCUT2D eigenvalue weighted by atomic mass is 10.1. The fourth-order valence-electron chi connectivity index (χ4n) is 1.67. The third-order valence-corrected chi connectivity index (χ3v) is 2.52. The lowest BCUT2D eigenvalue weighted by Gasteiger charge is -2.07. The number of H-pyrrole nitrogens is 1. The van der Waals surface area contributed by atoms with Gasteiger partial charge in [0.1, 0.15) is 0 Å². The monoisotopic (exact) mass is 285 g/mol. The van der Waals surface area contributed by atoms with E-state index in [9.17, 15) is 0 Å². The number of hydrogen-bond acceptors (Lipinski definition) is 2. The lowest BCUT2D eigenvalue weighted by Crippen LogP contribution is -1.93. The molecule has 0 bridgehead atoms. The Kier molecular flexibility index (Phi) is 10.3. The molecular formula is C18H27N3. The van der Waals surface area contributed by atoms with Gasteiger partial charge in [-0.3, -0.25) is 5.10 Å². The number of anilines is 1. The van der Waals surface area contributed by atoms with Crippen LogP contribution in [0.5, 0.6) is 0 Å². The number of nitrogens with one attached hydrogen (secondary N) is 2. The van der Waals surface area contributed by atoms with Gasteiger partial charge in [0.25, 0.3) is 0 Å². The van der Waals surface area contributed by atoms with Crippen molar-refractivity contribution in [3.8, 4) is 0 Å². The second kappa shape index (κ2) is 11.5. The molecule has 0 saturated heterocycles. The van der Waals surface area contributed by atoms with Crippen LogP contribution in [-0.4, -0.2) is 10.2 Å². The highest BCUT2D eigenvalue weighted by Gasteiger charge is 2.03. The summed E-state index contributed by atoms with van der Waals surface area (Å²) in [6.45, 7) is 15.0. The van der Waals surface area contributed by atoms with E-state index in [0.29, 0.717) is 0 Å². The Bertz CT molecular complexity index is 565. The zero-order valence-corrected chi connectivity index (χ0v) is 13.6. The molecule has 0 atom stereocenters. The number of hydrogen-bond donors (Lipinski definition) is 2. The second-order valence-corrected chi connectivity index (χ2v) is 3.97. The predicted octanol–water partition coefficient (Wildman–Crippen LogP) is 5.46. The van der Waals surface area contributed by atoms with Crippen molar-refractivity contribution in [3.63, 3.8) is 0 Å². The summed E-state index contributed by atoms with van der Waals surface area (Å²) in [4.78, 5) is 0. The fourth-order valence-corrected chi connectivity index (χ4v) is 1.67. The topological polar surface area (TPSA) is 40.7 Å². The summed E-state index contributed by atoms with van der Waals surface area (Å²) >= 11 is 0. The second-order valence-electron chi connectivity index (χ2n) is 3.97. The first-order valence-electron chi connectivity index (χ1n) is 7.34. The van der Waals surface area contributed by atoms with Gasteiger partial charge in [0.05, 0.1) is 11.7 Å². The number of rotatable bonds is 4. The van der Waals surface area contributed by atoms with Gasteiger partial charge in [0.15, 0.2) is 0 Å². The van der Waals surface area contributed by atoms with Crippen molar-refractivity contribution in [3.05, 3.63) is 61.5 Å². The van der Waals surface area contributed by atoms with Gasteiger partial charge in [-0.25, -0.2) is 0 Å². The molecule has 0 amide bonds. The van der Waals surface area contributed by atoms with Crippen molar-refractivity contribution in [2.45, 2.75) is 34.1 Å². The maximum absolute atomic E-state index is 4.03. The van der Waals surface area contributed by atoms with Crippen molar-refractivity contribution in [1.29, 1.82) is 0 Å². The van der Waals surface area contributed by atoms with Gasteiger partial charge in [-0.15, -0.1) is 6.58 Å². The van der Waals surface area contributed by atoms with Gasteiger partial charge in [0.2, 0.25) is 0 Å². The number of aromatic nitrogens is 2. The lowest BCUT2D eigenvalue weighted by molar-refractivity contribution is 1.11. The van der Waals surface area contributed by atoms with E-state index in [1.54, 1.807) is 12.2 Å². The van der Waals surface area contributed by atoms with Gasteiger partial charge in [-0.2, -0.15) is 5.10 Å². The van der Waals surface area contributed by atoms with Crippen molar-refractivity contribution >= 4 is 16.6 Å². The third kappa shape index (κ3) is 6.13. The molecule has 1 aromatic carbocycles. The van der Waals surface area contributed by atoms with E-state index in [1.165, 1.54) is 5.56 Å². The first-order valence-corrected chi connectivity index (χ1v) is 7.34. The first kappa shape index (κ1) is 18.7. The van der Waals surface area contributed by atoms with E-state index in [1.807, 2.05) is 39.2 Å². The minimum absolute atomic E-state index is 0.985. The summed E-state index contributed by atoms with van der Waals surface area (Å²) in [5.41, 5.74) is 3.47. The fraction of sp³-hybridized carbons (Fsp3) is 0.278. The Morgan fingerprint density at radius 3 is 2.52 bits per heavy atom. The minimum atomic E-state index is 0.985. The Labute approximate surface area is 128 Å². The molecule has 21 heavy (non-hydrogen) atoms. The SMILES string of the molecule is C=C/C=C/Nc1cc2cn[nH]c2cc1CC.C=CC.CC. The Morgan fingerprint density at radius 2 is 1.95 bits per heavy atom. The molecule has 0 saturated carbocycles. The first-order chi connectivity index (χ1) is 10.3. The number of aryl methyl sites for hydroxylation is 1. The summed E-state index contributed by atoms with van der Waals surface area (Å²) in [6, 6.07) is 4.23. The molecule has 0 radical (unpaired) electrons. The van der Waals surface area contributed by atoms with E-state index in [-0.39, 0.29) is 0 Å². The molecule has 3 nitrogen and oxygen atoms in total. The van der Waals surface area contributed by atoms with Crippen molar-refractivity contribution < 1.29 is 0 Å². The highest BCUT2D eigenvalue weighted by Crippen LogP contribution is 2.23. The molecule has 2 aromatic rings. The zero-order valence-electron chi connectivity index (χ0n) is 13.6. The van der Waals surface area contributed by atoms with Crippen molar-refractivity contribution in [1.82, 2.24) is 10.2 Å². The molecule has 0 aliphatic heterocycles. The summed E-state index contributed by atoms with van der Waals surface area (Å²) in [5, 5.41) is 11.4. The van der Waals surface area contributed by atoms with E-state index in [4.69, 9.17) is 0 Å². The van der Waals surface area contributed by atoms with E-state index in [2.05, 4.69) is 47.7 Å². The molecule has 0 unspecified atom stereocenters. The predicted molar refractivity (Wildman–Crippen MR) is 95.7 cm³/mol. The van der Waals surface area contributed by atoms with Crippen LogP contribution >= 0.6 is 0 Å². The summed E-state index contributed by atoms with van der Waals surface area (Å²) < 4.78 is 0. The highest BCUT2D eigenvalue weighted by molar-refractivity contribution is 5.83. The van der Waals surface area contributed by atoms with Crippen LogP contribution in [0.2, 0.25) is 0 Å². The maximum Gasteiger partial charge on any atom is 0.0654 e. The van der Waals surface area contributed by atoms with Gasteiger partial charge >= 0.3 is 0 Å². The molecule has 0 fully saturated rings. The van der Waals surface area contributed by atoms with Gasteiger partial charge in [-0.1, -0.05) is 39.5 Å². The smallest absolute Gasteiger partial charge is 0.0654 e. The van der Waals surface area contributed by atoms with Gasteiger partial charge in [0, 0.05) is 17.3 Å². The molecule has 2 rings (SSSR count). The van der Waals surface area contributed by atoms with E-state index >= 15 is 0 Å². The van der Waals surface area contributed by atoms with Crippen LogP contribution in [0, 0.1) is 0 Å². The molecule has 3 heteroatoms. The summed E-state index contributed by atoms with van der Waals surface area (Å²) in [7, 11) is 0. The molecule has 0 aliphatic rings. The zero-order chi connectivity index (χ0) is 16.1. The van der Waals surface area contributed by atoms with Crippen LogP contribution in [0.15, 0.2) is 55.9 Å². The van der Waals surface area contributed by atoms with Gasteiger partial charge in [-0.05, 0) is 37.1 Å². The summed E-state index contributed by atoms with van der Waals surface area (Å²) in [5.74, 6) is 0. The van der Waals surface area contributed by atoms with Gasteiger partial charge < -0.3 is 5.32 Å². The Morgan fingerprint density at radius 1 is 1.29 bits per heavy atom. The Balaban J connectivity index is 0.000000713. The average Bonchev–Trinajstić information content (AvgIpc) is 2.96. The van der Waals surface area contributed by atoms with Crippen LogP contribution in [-0.2, 0) is 6.42 Å². The highest BCUT2D eigenvalue weighted by atomic mass is 15.1. The molecule has 1 aromatic heterocycles. The molecule has 0 aliphatic carbocycles. The number of allylic oxidation sites excluding steroid dienone is 3. The summed E-state index contributed by atoms with van der Waals surface area (Å²) in [6.07, 6.45) is 10.1. The molecule has 1 heterocycles. The number of nitrogens with zero attached hydrogens (tertiary/aromatic N) is 1. The largest absolute Gasteiger partial charge is 0.361 e. The number of fused-ring (bicyclic) bond motifs is 1. The van der Waals surface area contributed by atoms with Crippen LogP contribution in [0.1, 0.15) is 33.3 Å². The van der Waals surface area contributed by atoms with E-state index < -0.39 is 0 Å². The normalized spacial score (nSPS) is 9.33. The van der Waals surface area contributed by atoms with Crippen molar-refractivity contribution in [2.75, 3.05) is 5.32 Å². The number of benzene rings is 1. The van der Waals surface area contributed by atoms with Crippen LogP contribution < -0.4 is 5.32 Å². The van der Waals surface area contributed by atoms with Crippen LogP contribution in [0.25, 0.3) is 10.9 Å². The minimum Gasteiger partial charge on any atom is -0.361 e.